The third-order valence-electron chi connectivity index (χ3n) is 2.72. The smallest absolute Gasteiger partial charge is 0.120 e. The first kappa shape index (κ1) is 9.49. The Bertz CT molecular complexity index is 325. The molecule has 3 nitrogen and oxygen atoms in total. The van der Waals surface area contributed by atoms with Crippen LogP contribution in [0.5, 0.6) is 5.75 Å². The van der Waals surface area contributed by atoms with Crippen molar-refractivity contribution in [3.8, 4) is 5.75 Å². The lowest BCUT2D eigenvalue weighted by Crippen LogP contribution is -2.30. The summed E-state index contributed by atoms with van der Waals surface area (Å²) in [5.41, 5.74) is 2.16. The second-order valence-corrected chi connectivity index (χ2v) is 3.62. The van der Waals surface area contributed by atoms with Crippen molar-refractivity contribution in [1.29, 1.82) is 0 Å². The van der Waals surface area contributed by atoms with Gasteiger partial charge in [-0.05, 0) is 31.0 Å². The Hall–Kier alpha value is -1.06. The number of hydrogen-bond donors (Lipinski definition) is 3. The van der Waals surface area contributed by atoms with Crippen LogP contribution in [0.4, 0.5) is 0 Å². The van der Waals surface area contributed by atoms with E-state index in [1.807, 2.05) is 12.1 Å². The molecule has 3 heteroatoms. The number of nitrogens with one attached hydrogen (secondary N) is 1. The average Bonchev–Trinajstić information content (AvgIpc) is 2.19. The molecule has 0 amide bonds. The largest absolute Gasteiger partial charge is 0.508 e. The number of hydrogen-bond acceptors (Lipinski definition) is 3. The van der Waals surface area contributed by atoms with Gasteiger partial charge < -0.3 is 15.5 Å². The van der Waals surface area contributed by atoms with Crippen LogP contribution in [0, 0.1) is 0 Å². The summed E-state index contributed by atoms with van der Waals surface area (Å²) in [6.07, 6.45) is 1.61. The summed E-state index contributed by atoms with van der Waals surface area (Å²) in [5.74, 6) is 0.341. The molecule has 0 saturated heterocycles. The zero-order valence-electron chi connectivity index (χ0n) is 8.03. The maximum atomic E-state index is 9.73. The van der Waals surface area contributed by atoms with E-state index >= 15 is 0 Å². The number of phenols is 1. The zero-order chi connectivity index (χ0) is 9.97. The maximum Gasteiger partial charge on any atom is 0.120 e. The van der Waals surface area contributed by atoms with Crippen LogP contribution in [0.15, 0.2) is 18.2 Å². The molecule has 1 heterocycles. The number of aromatic hydroxyl groups is 1. The van der Waals surface area contributed by atoms with Crippen LogP contribution in [-0.2, 0) is 6.42 Å². The lowest BCUT2D eigenvalue weighted by molar-refractivity contribution is 0.261. The van der Waals surface area contributed by atoms with Gasteiger partial charge in [0, 0.05) is 18.2 Å². The predicted molar refractivity (Wildman–Crippen MR) is 54.3 cm³/mol. The molecular weight excluding hydrogens is 178 g/mol. The van der Waals surface area contributed by atoms with Crippen molar-refractivity contribution in [2.24, 2.45) is 0 Å². The summed E-state index contributed by atoms with van der Waals surface area (Å²) in [4.78, 5) is 0. The van der Waals surface area contributed by atoms with Gasteiger partial charge in [0.25, 0.3) is 0 Å². The SMILES string of the molecule is OCCC1NCCc2cccc(O)c21. The molecule has 1 aromatic rings. The van der Waals surface area contributed by atoms with Crippen molar-refractivity contribution in [1.82, 2.24) is 5.32 Å². The maximum absolute atomic E-state index is 9.73. The Morgan fingerprint density at radius 2 is 2.29 bits per heavy atom. The van der Waals surface area contributed by atoms with E-state index in [1.165, 1.54) is 5.56 Å². The summed E-state index contributed by atoms with van der Waals surface area (Å²) >= 11 is 0. The summed E-state index contributed by atoms with van der Waals surface area (Å²) in [5, 5.41) is 21.9. The zero-order valence-corrected chi connectivity index (χ0v) is 8.03. The van der Waals surface area contributed by atoms with E-state index in [4.69, 9.17) is 5.11 Å². The molecule has 14 heavy (non-hydrogen) atoms. The van der Waals surface area contributed by atoms with Gasteiger partial charge in [-0.15, -0.1) is 0 Å². The Morgan fingerprint density at radius 1 is 1.43 bits per heavy atom. The number of phenolic OH excluding ortho intramolecular Hbond substituents is 1. The highest BCUT2D eigenvalue weighted by molar-refractivity contribution is 5.43. The topological polar surface area (TPSA) is 52.5 Å². The van der Waals surface area contributed by atoms with E-state index in [0.717, 1.165) is 18.5 Å². The van der Waals surface area contributed by atoms with E-state index in [9.17, 15) is 5.11 Å². The molecule has 1 aliphatic heterocycles. The number of benzene rings is 1. The van der Waals surface area contributed by atoms with Crippen LogP contribution >= 0.6 is 0 Å². The fraction of sp³-hybridized carbons (Fsp3) is 0.455. The highest BCUT2D eigenvalue weighted by Gasteiger charge is 2.21. The lowest BCUT2D eigenvalue weighted by atomic mass is 9.92. The Labute approximate surface area is 83.4 Å². The van der Waals surface area contributed by atoms with Gasteiger partial charge in [0.15, 0.2) is 0 Å². The van der Waals surface area contributed by atoms with Crippen molar-refractivity contribution < 1.29 is 10.2 Å². The molecule has 1 aromatic carbocycles. The van der Waals surface area contributed by atoms with Gasteiger partial charge in [0.1, 0.15) is 5.75 Å². The number of aliphatic hydroxyl groups is 1. The van der Waals surface area contributed by atoms with Crippen molar-refractivity contribution >= 4 is 0 Å². The number of fused-ring (bicyclic) bond motifs is 1. The average molecular weight is 193 g/mol. The first-order chi connectivity index (χ1) is 6.83. The minimum absolute atomic E-state index is 0.102. The first-order valence-electron chi connectivity index (χ1n) is 4.98. The Balaban J connectivity index is 2.36. The highest BCUT2D eigenvalue weighted by atomic mass is 16.3. The van der Waals surface area contributed by atoms with Crippen LogP contribution in [0.3, 0.4) is 0 Å². The first-order valence-corrected chi connectivity index (χ1v) is 4.98. The predicted octanol–water partition coefficient (Wildman–Crippen LogP) is 0.961. The number of rotatable bonds is 2. The van der Waals surface area contributed by atoms with Gasteiger partial charge in [-0.1, -0.05) is 12.1 Å². The molecule has 0 saturated carbocycles. The van der Waals surface area contributed by atoms with E-state index in [0.29, 0.717) is 12.2 Å². The highest BCUT2D eigenvalue weighted by Crippen LogP contribution is 2.32. The summed E-state index contributed by atoms with van der Waals surface area (Å²) in [6, 6.07) is 5.72. The third-order valence-corrected chi connectivity index (χ3v) is 2.72. The molecular formula is C11H15NO2. The lowest BCUT2D eigenvalue weighted by Gasteiger charge is -2.27. The Morgan fingerprint density at radius 3 is 3.07 bits per heavy atom. The van der Waals surface area contributed by atoms with Gasteiger partial charge in [0.05, 0.1) is 0 Å². The minimum Gasteiger partial charge on any atom is -0.508 e. The van der Waals surface area contributed by atoms with E-state index in [1.54, 1.807) is 6.07 Å². The van der Waals surface area contributed by atoms with Gasteiger partial charge in [-0.3, -0.25) is 0 Å². The van der Waals surface area contributed by atoms with Crippen molar-refractivity contribution in [2.45, 2.75) is 18.9 Å². The second kappa shape index (κ2) is 3.98. The standard InChI is InChI=1S/C11H15NO2/c13-7-5-9-11-8(4-6-12-9)2-1-3-10(11)14/h1-3,9,12-14H,4-7H2. The van der Waals surface area contributed by atoms with Gasteiger partial charge >= 0.3 is 0 Å². The molecule has 0 radical (unpaired) electrons. The summed E-state index contributed by atoms with van der Waals surface area (Å²) in [6.45, 7) is 1.06. The van der Waals surface area contributed by atoms with E-state index < -0.39 is 0 Å². The molecule has 2 rings (SSSR count). The second-order valence-electron chi connectivity index (χ2n) is 3.62. The fourth-order valence-electron chi connectivity index (χ4n) is 2.08. The molecule has 1 atom stereocenters. The molecule has 3 N–H and O–H groups in total. The van der Waals surface area contributed by atoms with Crippen molar-refractivity contribution in [2.75, 3.05) is 13.2 Å². The monoisotopic (exact) mass is 193 g/mol. The minimum atomic E-state index is 0.102. The fourth-order valence-corrected chi connectivity index (χ4v) is 2.08. The molecule has 76 valence electrons. The Kier molecular flexibility index (Phi) is 2.70. The molecule has 0 bridgehead atoms. The van der Waals surface area contributed by atoms with Crippen LogP contribution in [0.1, 0.15) is 23.6 Å². The van der Waals surface area contributed by atoms with E-state index in [-0.39, 0.29) is 12.6 Å². The molecule has 0 aliphatic carbocycles. The molecule has 0 aromatic heterocycles. The van der Waals surface area contributed by atoms with Gasteiger partial charge in [-0.2, -0.15) is 0 Å². The van der Waals surface area contributed by atoms with Crippen LogP contribution in [-0.4, -0.2) is 23.4 Å². The van der Waals surface area contributed by atoms with Crippen molar-refractivity contribution in [3.05, 3.63) is 29.3 Å². The third kappa shape index (κ3) is 1.61. The van der Waals surface area contributed by atoms with Crippen molar-refractivity contribution in [3.63, 3.8) is 0 Å². The normalized spacial score (nSPS) is 20.5. The number of aliphatic hydroxyl groups excluding tert-OH is 1. The van der Waals surface area contributed by atoms with Crippen LogP contribution in [0.25, 0.3) is 0 Å². The molecule has 1 unspecified atom stereocenters. The quantitative estimate of drug-likeness (QED) is 0.655. The summed E-state index contributed by atoms with van der Waals surface area (Å²) < 4.78 is 0. The van der Waals surface area contributed by atoms with Crippen LogP contribution < -0.4 is 5.32 Å². The summed E-state index contributed by atoms with van der Waals surface area (Å²) in [7, 11) is 0. The van der Waals surface area contributed by atoms with Crippen LogP contribution in [0.2, 0.25) is 0 Å². The molecule has 0 spiro atoms. The van der Waals surface area contributed by atoms with E-state index in [2.05, 4.69) is 5.32 Å². The van der Waals surface area contributed by atoms with Gasteiger partial charge in [0.2, 0.25) is 0 Å². The van der Waals surface area contributed by atoms with Gasteiger partial charge in [-0.25, -0.2) is 0 Å². The molecule has 0 fully saturated rings. The molecule has 1 aliphatic rings.